The van der Waals surface area contributed by atoms with E-state index in [1.54, 1.807) is 59.1 Å². The number of halogens is 1. The van der Waals surface area contributed by atoms with Crippen LogP contribution in [0.2, 0.25) is 0 Å². The van der Waals surface area contributed by atoms with Crippen LogP contribution >= 0.6 is 0 Å². The largest absolute Gasteiger partial charge is 0.394 e. The summed E-state index contributed by atoms with van der Waals surface area (Å²) in [5, 5.41) is 25.2. The van der Waals surface area contributed by atoms with Crippen LogP contribution in [0.1, 0.15) is 32.5 Å². The molecule has 0 aliphatic rings. The highest BCUT2D eigenvalue weighted by atomic mass is 19.1. The predicted octanol–water partition coefficient (Wildman–Crippen LogP) is 2.55. The molecule has 2 atom stereocenters. The lowest BCUT2D eigenvalue weighted by Crippen LogP contribution is -2.42. The Morgan fingerprint density at radius 1 is 1.03 bits per heavy atom. The van der Waals surface area contributed by atoms with E-state index in [0.29, 0.717) is 11.2 Å². The van der Waals surface area contributed by atoms with Crippen LogP contribution in [0.15, 0.2) is 79.1 Å². The lowest BCUT2D eigenvalue weighted by atomic mass is 10.0. The number of aliphatic hydroxyl groups excluding tert-OH is 2. The van der Waals surface area contributed by atoms with Gasteiger partial charge in [0.15, 0.2) is 0 Å². The molecule has 4 N–H and O–H groups in total. The third-order valence-corrected chi connectivity index (χ3v) is 5.16. The Morgan fingerprint density at radius 2 is 1.79 bits per heavy atom. The number of hydrogen-bond acceptors (Lipinski definition) is 5. The summed E-state index contributed by atoms with van der Waals surface area (Å²) in [6.07, 6.45) is 1.88. The summed E-state index contributed by atoms with van der Waals surface area (Å²) in [4.78, 5) is 29.5. The first kappa shape index (κ1) is 22.1. The predicted molar refractivity (Wildman–Crippen MR) is 119 cm³/mol. The average Bonchev–Trinajstić information content (AvgIpc) is 3.28. The molecule has 2 aromatic heterocycles. The van der Waals surface area contributed by atoms with Crippen LogP contribution in [0, 0.1) is 5.82 Å². The molecule has 0 saturated heterocycles. The van der Waals surface area contributed by atoms with Gasteiger partial charge < -0.3 is 20.8 Å². The number of aliphatic hydroxyl groups is 2. The Labute approximate surface area is 188 Å². The van der Waals surface area contributed by atoms with Crippen LogP contribution in [0.3, 0.4) is 0 Å². The number of imidazole rings is 1. The van der Waals surface area contributed by atoms with Gasteiger partial charge in [-0.15, -0.1) is 0 Å². The maximum absolute atomic E-state index is 14.4. The molecule has 0 radical (unpaired) electrons. The SMILES string of the molecule is O=C(N[C@H](CO)[C@H](O)c1ccccc1)c1ccc(F)c(NC(=O)c2cnc3ccccn23)c1. The fourth-order valence-electron chi connectivity index (χ4n) is 3.41. The zero-order valence-electron chi connectivity index (χ0n) is 17.4. The molecule has 0 bridgehead atoms. The monoisotopic (exact) mass is 448 g/mol. The van der Waals surface area contributed by atoms with Crippen LogP contribution in [-0.2, 0) is 0 Å². The van der Waals surface area contributed by atoms with Gasteiger partial charge in [0.25, 0.3) is 11.8 Å². The Balaban J connectivity index is 1.51. The van der Waals surface area contributed by atoms with Gasteiger partial charge in [-0.3, -0.25) is 14.0 Å². The molecule has 33 heavy (non-hydrogen) atoms. The summed E-state index contributed by atoms with van der Waals surface area (Å²) in [7, 11) is 0. The fourth-order valence-corrected chi connectivity index (χ4v) is 3.41. The lowest BCUT2D eigenvalue weighted by molar-refractivity contribution is 0.0703. The number of benzene rings is 2. The van der Waals surface area contributed by atoms with E-state index in [0.717, 1.165) is 6.07 Å². The summed E-state index contributed by atoms with van der Waals surface area (Å²) in [6.45, 7) is -0.513. The summed E-state index contributed by atoms with van der Waals surface area (Å²) in [5.74, 6) is -1.97. The van der Waals surface area contributed by atoms with Crippen molar-refractivity contribution in [3.8, 4) is 0 Å². The minimum atomic E-state index is -1.14. The molecule has 4 rings (SSSR count). The smallest absolute Gasteiger partial charge is 0.274 e. The normalized spacial score (nSPS) is 12.8. The number of amides is 2. The lowest BCUT2D eigenvalue weighted by Gasteiger charge is -2.22. The third-order valence-electron chi connectivity index (χ3n) is 5.16. The first-order chi connectivity index (χ1) is 16.0. The first-order valence-corrected chi connectivity index (χ1v) is 10.2. The maximum Gasteiger partial charge on any atom is 0.274 e. The van der Waals surface area contributed by atoms with E-state index in [9.17, 15) is 24.2 Å². The minimum Gasteiger partial charge on any atom is -0.394 e. The van der Waals surface area contributed by atoms with E-state index in [1.807, 2.05) is 0 Å². The van der Waals surface area contributed by atoms with E-state index in [-0.39, 0.29) is 16.9 Å². The Hall–Kier alpha value is -4.08. The molecule has 4 aromatic rings. The molecular formula is C24H21FN4O4. The van der Waals surface area contributed by atoms with Crippen LogP contribution in [0.4, 0.5) is 10.1 Å². The molecule has 2 heterocycles. The molecule has 168 valence electrons. The van der Waals surface area contributed by atoms with Crippen molar-refractivity contribution in [1.29, 1.82) is 0 Å². The number of carbonyl (C=O) groups excluding carboxylic acids is 2. The molecule has 0 fully saturated rings. The van der Waals surface area contributed by atoms with Gasteiger partial charge in [0.05, 0.1) is 24.5 Å². The summed E-state index contributed by atoms with van der Waals surface area (Å²) < 4.78 is 15.9. The number of fused-ring (bicyclic) bond motifs is 1. The van der Waals surface area contributed by atoms with Crippen molar-refractivity contribution in [2.24, 2.45) is 0 Å². The van der Waals surface area contributed by atoms with Crippen molar-refractivity contribution in [1.82, 2.24) is 14.7 Å². The fraction of sp³-hybridized carbons (Fsp3) is 0.125. The van der Waals surface area contributed by atoms with Crippen molar-refractivity contribution in [2.75, 3.05) is 11.9 Å². The number of anilines is 1. The highest BCUT2D eigenvalue weighted by Crippen LogP contribution is 2.20. The van der Waals surface area contributed by atoms with E-state index in [4.69, 9.17) is 0 Å². The molecule has 2 amide bonds. The van der Waals surface area contributed by atoms with Crippen LogP contribution < -0.4 is 10.6 Å². The zero-order valence-corrected chi connectivity index (χ0v) is 17.4. The second-order valence-corrected chi connectivity index (χ2v) is 7.34. The number of nitrogens with one attached hydrogen (secondary N) is 2. The standard InChI is InChI=1S/C24H21FN4O4/c25-17-10-9-16(23(32)28-19(14-30)22(31)15-6-2-1-3-7-15)12-18(17)27-24(33)20-13-26-21-8-4-5-11-29(20)21/h1-13,19,22,30-31H,14H2,(H,27,33)(H,28,32)/t19-,22-/m1/s1. The molecule has 8 nitrogen and oxygen atoms in total. The highest BCUT2D eigenvalue weighted by Gasteiger charge is 2.23. The Morgan fingerprint density at radius 3 is 2.55 bits per heavy atom. The minimum absolute atomic E-state index is 0.0450. The van der Waals surface area contributed by atoms with Gasteiger partial charge >= 0.3 is 0 Å². The second kappa shape index (κ2) is 9.60. The molecule has 2 aromatic carbocycles. The topological polar surface area (TPSA) is 116 Å². The van der Waals surface area contributed by atoms with Crippen molar-refractivity contribution >= 4 is 23.1 Å². The Kier molecular flexibility index (Phi) is 6.43. The van der Waals surface area contributed by atoms with Gasteiger partial charge in [-0.2, -0.15) is 0 Å². The second-order valence-electron chi connectivity index (χ2n) is 7.34. The number of rotatable bonds is 7. The summed E-state index contributed by atoms with van der Waals surface area (Å²) >= 11 is 0. The molecule has 9 heteroatoms. The molecule has 0 unspecified atom stereocenters. The maximum atomic E-state index is 14.4. The van der Waals surface area contributed by atoms with Crippen molar-refractivity contribution < 1.29 is 24.2 Å². The van der Waals surface area contributed by atoms with Crippen LogP contribution in [-0.4, -0.2) is 44.1 Å². The number of nitrogens with zero attached hydrogens (tertiary/aromatic N) is 2. The number of pyridine rings is 1. The average molecular weight is 448 g/mol. The van der Waals surface area contributed by atoms with Gasteiger partial charge in [-0.25, -0.2) is 9.37 Å². The summed E-state index contributed by atoms with van der Waals surface area (Å²) in [5.41, 5.74) is 1.14. The molecule has 0 aliphatic heterocycles. The van der Waals surface area contributed by atoms with E-state index < -0.39 is 36.4 Å². The van der Waals surface area contributed by atoms with Gasteiger partial charge in [-0.05, 0) is 35.9 Å². The number of hydrogen-bond donors (Lipinski definition) is 4. The van der Waals surface area contributed by atoms with Gasteiger partial charge in [0.1, 0.15) is 23.3 Å². The zero-order chi connectivity index (χ0) is 23.4. The van der Waals surface area contributed by atoms with Crippen molar-refractivity contribution in [3.63, 3.8) is 0 Å². The number of carbonyl (C=O) groups is 2. The molecular weight excluding hydrogens is 427 g/mol. The van der Waals surface area contributed by atoms with Gasteiger partial charge in [0.2, 0.25) is 0 Å². The van der Waals surface area contributed by atoms with Crippen LogP contribution in [0.5, 0.6) is 0 Å². The third kappa shape index (κ3) is 4.74. The van der Waals surface area contributed by atoms with E-state index >= 15 is 0 Å². The Bertz CT molecular complexity index is 1290. The first-order valence-electron chi connectivity index (χ1n) is 10.2. The molecule has 0 saturated carbocycles. The van der Waals surface area contributed by atoms with Crippen molar-refractivity contribution in [2.45, 2.75) is 12.1 Å². The van der Waals surface area contributed by atoms with E-state index in [1.165, 1.54) is 18.3 Å². The van der Waals surface area contributed by atoms with E-state index in [2.05, 4.69) is 15.6 Å². The quantitative estimate of drug-likeness (QED) is 0.347. The van der Waals surface area contributed by atoms with Crippen molar-refractivity contribution in [3.05, 3.63) is 102 Å². The van der Waals surface area contributed by atoms with Gasteiger partial charge in [0, 0.05) is 11.8 Å². The molecule has 0 aliphatic carbocycles. The number of aromatic nitrogens is 2. The molecule has 0 spiro atoms. The summed E-state index contributed by atoms with van der Waals surface area (Å²) in [6, 6.07) is 16.3. The highest BCUT2D eigenvalue weighted by molar-refractivity contribution is 6.04. The van der Waals surface area contributed by atoms with Crippen LogP contribution in [0.25, 0.3) is 5.65 Å². The van der Waals surface area contributed by atoms with Gasteiger partial charge in [-0.1, -0.05) is 36.4 Å².